The SMILES string of the molecule is CC(C)OC(=O)COP(=O)(CO[C@H](C)Cn1cnc2c(N)ncnc21)NC1(C(=O)OC(C)C)CCCC1. The molecular weight excluding hydrogens is 503 g/mol. The van der Waals surface area contributed by atoms with Gasteiger partial charge in [-0.3, -0.25) is 9.36 Å². The van der Waals surface area contributed by atoms with Gasteiger partial charge < -0.3 is 29.0 Å². The summed E-state index contributed by atoms with van der Waals surface area (Å²) >= 11 is 0. The van der Waals surface area contributed by atoms with Crippen LogP contribution in [0, 0.1) is 0 Å². The molecule has 1 unspecified atom stereocenters. The van der Waals surface area contributed by atoms with Gasteiger partial charge in [0.1, 0.15) is 23.7 Å². The first kappa shape index (κ1) is 29.0. The molecule has 13 nitrogen and oxygen atoms in total. The molecule has 0 aliphatic heterocycles. The Morgan fingerprint density at radius 1 is 1.11 bits per heavy atom. The van der Waals surface area contributed by atoms with Crippen molar-refractivity contribution < 1.29 is 32.9 Å². The zero-order valence-corrected chi connectivity index (χ0v) is 22.9. The first-order chi connectivity index (χ1) is 17.4. The van der Waals surface area contributed by atoms with E-state index >= 15 is 0 Å². The Morgan fingerprint density at radius 3 is 2.43 bits per heavy atom. The van der Waals surface area contributed by atoms with Crippen molar-refractivity contribution >= 4 is 36.4 Å². The zero-order chi connectivity index (χ0) is 27.2. The molecule has 0 amide bonds. The number of ether oxygens (including phenoxy) is 3. The molecule has 0 radical (unpaired) electrons. The van der Waals surface area contributed by atoms with Crippen molar-refractivity contribution in [3.05, 3.63) is 12.7 Å². The van der Waals surface area contributed by atoms with Gasteiger partial charge in [0.2, 0.25) is 0 Å². The summed E-state index contributed by atoms with van der Waals surface area (Å²) in [5.74, 6) is -0.899. The molecular formula is C23H37N6O7P. The second-order valence-corrected chi connectivity index (χ2v) is 11.9. The standard InChI is InChI=1S/C23H37N6O7P/c1-15(2)35-18(30)11-34-37(32,28-23(8-6-7-9-23)22(31)36-16(3)4)14-33-17(5)10-29-13-27-19-20(24)25-12-26-21(19)29/h12-13,15-17H,6-11,14H2,1-5H3,(H,28,32)(H2,24,25,26)/t17-,37?/m1/s1. The van der Waals surface area contributed by atoms with Gasteiger partial charge in [-0.1, -0.05) is 12.8 Å². The Morgan fingerprint density at radius 2 is 1.78 bits per heavy atom. The molecule has 2 aromatic heterocycles. The van der Waals surface area contributed by atoms with Gasteiger partial charge in [0.25, 0.3) is 7.52 Å². The lowest BCUT2D eigenvalue weighted by Gasteiger charge is -2.33. The van der Waals surface area contributed by atoms with Gasteiger partial charge >= 0.3 is 11.9 Å². The number of carbonyl (C=O) groups excluding carboxylic acids is 2. The maximum Gasteiger partial charge on any atom is 0.332 e. The van der Waals surface area contributed by atoms with Crippen molar-refractivity contribution in [1.29, 1.82) is 0 Å². The van der Waals surface area contributed by atoms with E-state index in [1.165, 1.54) is 6.33 Å². The number of rotatable bonds is 13. The smallest absolute Gasteiger partial charge is 0.332 e. The number of nitrogen functional groups attached to an aromatic ring is 1. The van der Waals surface area contributed by atoms with Gasteiger partial charge in [0.15, 0.2) is 18.1 Å². The first-order valence-electron chi connectivity index (χ1n) is 12.4. The number of nitrogens with one attached hydrogen (secondary N) is 1. The zero-order valence-electron chi connectivity index (χ0n) is 22.0. The number of esters is 2. The Labute approximate surface area is 216 Å². The molecule has 206 valence electrons. The number of aromatic nitrogens is 4. The summed E-state index contributed by atoms with van der Waals surface area (Å²) in [5.41, 5.74) is 5.68. The number of hydrogen-bond acceptors (Lipinski definition) is 11. The van der Waals surface area contributed by atoms with E-state index in [9.17, 15) is 14.2 Å². The Bertz CT molecular complexity index is 1130. The van der Waals surface area contributed by atoms with Gasteiger partial charge in [0.05, 0.1) is 31.2 Å². The highest BCUT2D eigenvalue weighted by Crippen LogP contribution is 2.48. The van der Waals surface area contributed by atoms with Crippen molar-refractivity contribution in [2.24, 2.45) is 0 Å². The molecule has 2 atom stereocenters. The minimum absolute atomic E-state index is 0.267. The minimum atomic E-state index is -3.87. The predicted molar refractivity (Wildman–Crippen MR) is 135 cm³/mol. The van der Waals surface area contributed by atoms with Gasteiger partial charge in [-0.05, 0) is 47.5 Å². The fourth-order valence-electron chi connectivity index (χ4n) is 4.14. The number of hydrogen-bond donors (Lipinski definition) is 2. The number of carbonyl (C=O) groups is 2. The maximum absolute atomic E-state index is 14.0. The Hall–Kier alpha value is -2.60. The molecule has 2 aromatic rings. The number of fused-ring (bicyclic) bond motifs is 1. The van der Waals surface area contributed by atoms with E-state index < -0.39 is 37.7 Å². The highest BCUT2D eigenvalue weighted by molar-refractivity contribution is 7.56. The lowest BCUT2D eigenvalue weighted by molar-refractivity contribution is -0.154. The molecule has 2 heterocycles. The third-order valence-corrected chi connectivity index (χ3v) is 7.55. The third-order valence-electron chi connectivity index (χ3n) is 5.75. The van der Waals surface area contributed by atoms with Crippen LogP contribution in [0.1, 0.15) is 60.3 Å². The first-order valence-corrected chi connectivity index (χ1v) is 14.2. The summed E-state index contributed by atoms with van der Waals surface area (Å²) in [4.78, 5) is 37.5. The van der Waals surface area contributed by atoms with Crippen LogP contribution in [-0.4, -0.2) is 68.3 Å². The third kappa shape index (κ3) is 7.70. The number of nitrogens with zero attached hydrogens (tertiary/aromatic N) is 4. The summed E-state index contributed by atoms with van der Waals surface area (Å²) in [5, 5.41) is 2.94. The maximum atomic E-state index is 14.0. The van der Waals surface area contributed by atoms with E-state index in [0.29, 0.717) is 30.6 Å². The molecule has 3 N–H and O–H groups in total. The predicted octanol–water partition coefficient (Wildman–Crippen LogP) is 2.79. The van der Waals surface area contributed by atoms with Crippen LogP contribution in [0.15, 0.2) is 12.7 Å². The van der Waals surface area contributed by atoms with Crippen molar-refractivity contribution in [2.75, 3.05) is 18.7 Å². The second-order valence-electron chi connectivity index (χ2n) is 9.77. The highest BCUT2D eigenvalue weighted by atomic mass is 31.2. The monoisotopic (exact) mass is 540 g/mol. The summed E-state index contributed by atoms with van der Waals surface area (Å²) in [6.07, 6.45) is 3.75. The van der Waals surface area contributed by atoms with E-state index in [-0.39, 0.29) is 24.4 Å². The van der Waals surface area contributed by atoms with Crippen LogP contribution in [0.25, 0.3) is 11.2 Å². The molecule has 37 heavy (non-hydrogen) atoms. The van der Waals surface area contributed by atoms with E-state index in [0.717, 1.165) is 12.8 Å². The molecule has 1 aliphatic rings. The molecule has 0 aromatic carbocycles. The second kappa shape index (κ2) is 12.3. The van der Waals surface area contributed by atoms with Gasteiger partial charge in [-0.2, -0.15) is 0 Å². The molecule has 0 bridgehead atoms. The van der Waals surface area contributed by atoms with Crippen LogP contribution < -0.4 is 10.8 Å². The van der Waals surface area contributed by atoms with Gasteiger partial charge in [-0.15, -0.1) is 0 Å². The lowest BCUT2D eigenvalue weighted by Crippen LogP contribution is -2.50. The fraction of sp³-hybridized carbons (Fsp3) is 0.696. The van der Waals surface area contributed by atoms with Gasteiger partial charge in [-0.25, -0.2) is 24.8 Å². The lowest BCUT2D eigenvalue weighted by atomic mass is 10.00. The number of imidazole rings is 1. The van der Waals surface area contributed by atoms with E-state index in [1.54, 1.807) is 45.5 Å². The highest BCUT2D eigenvalue weighted by Gasteiger charge is 2.48. The summed E-state index contributed by atoms with van der Waals surface area (Å²) in [6.45, 7) is 8.46. The van der Waals surface area contributed by atoms with Crippen LogP contribution >= 0.6 is 7.52 Å². The quantitative estimate of drug-likeness (QED) is 0.282. The normalized spacial score (nSPS) is 17.7. The molecule has 0 spiro atoms. The molecule has 1 fully saturated rings. The molecule has 0 saturated heterocycles. The Balaban J connectivity index is 1.74. The summed E-state index contributed by atoms with van der Waals surface area (Å²) < 4.78 is 37.8. The van der Waals surface area contributed by atoms with Crippen molar-refractivity contribution in [2.45, 2.75) is 90.7 Å². The molecule has 3 rings (SSSR count). The van der Waals surface area contributed by atoms with Crippen LogP contribution in [0.5, 0.6) is 0 Å². The van der Waals surface area contributed by atoms with Crippen LogP contribution in [0.4, 0.5) is 5.82 Å². The average Bonchev–Trinajstić information content (AvgIpc) is 3.45. The average molecular weight is 541 g/mol. The van der Waals surface area contributed by atoms with Gasteiger partial charge in [0, 0.05) is 0 Å². The largest absolute Gasteiger partial charge is 0.462 e. The Kier molecular flexibility index (Phi) is 9.63. The van der Waals surface area contributed by atoms with Crippen LogP contribution in [0.3, 0.4) is 0 Å². The fourth-order valence-corrected chi connectivity index (χ4v) is 6.07. The van der Waals surface area contributed by atoms with Crippen molar-refractivity contribution in [3.8, 4) is 0 Å². The molecule has 1 saturated carbocycles. The molecule has 14 heteroatoms. The van der Waals surface area contributed by atoms with Crippen molar-refractivity contribution in [3.63, 3.8) is 0 Å². The minimum Gasteiger partial charge on any atom is -0.462 e. The van der Waals surface area contributed by atoms with Crippen LogP contribution in [0.2, 0.25) is 0 Å². The van der Waals surface area contributed by atoms with E-state index in [1.807, 2.05) is 0 Å². The van der Waals surface area contributed by atoms with Crippen LogP contribution in [-0.2, 0) is 39.4 Å². The topological polar surface area (TPSA) is 170 Å². The number of nitrogens with two attached hydrogens (primary N) is 1. The number of anilines is 1. The summed E-state index contributed by atoms with van der Waals surface area (Å²) in [6, 6.07) is 0. The van der Waals surface area contributed by atoms with E-state index in [4.69, 9.17) is 24.5 Å². The van der Waals surface area contributed by atoms with Crippen molar-refractivity contribution in [1.82, 2.24) is 24.6 Å². The molecule has 1 aliphatic carbocycles. The van der Waals surface area contributed by atoms with E-state index in [2.05, 4.69) is 20.0 Å². The summed E-state index contributed by atoms with van der Waals surface area (Å²) in [7, 11) is -3.87.